The second-order valence-electron chi connectivity index (χ2n) is 4.96. The summed E-state index contributed by atoms with van der Waals surface area (Å²) in [6.45, 7) is 0.0630. The van der Waals surface area contributed by atoms with E-state index in [4.69, 9.17) is 10.8 Å². The normalized spacial score (nSPS) is 15.3. The van der Waals surface area contributed by atoms with E-state index in [1.54, 1.807) is 0 Å². The molecule has 2 amide bonds. The SMILES string of the molecule is NC(CC(=O)O)C(=O)Nc1cnn(CC(=O)NC2CC2)c1. The van der Waals surface area contributed by atoms with Crippen molar-refractivity contribution in [1.29, 1.82) is 0 Å². The summed E-state index contributed by atoms with van der Waals surface area (Å²) < 4.78 is 1.38. The Balaban J connectivity index is 1.82. The lowest BCUT2D eigenvalue weighted by atomic mass is 10.2. The van der Waals surface area contributed by atoms with E-state index in [1.165, 1.54) is 17.1 Å². The molecule has 21 heavy (non-hydrogen) atoms. The third kappa shape index (κ3) is 4.88. The number of anilines is 1. The molecule has 0 aromatic carbocycles. The van der Waals surface area contributed by atoms with Gasteiger partial charge in [-0.3, -0.25) is 19.1 Å². The highest BCUT2D eigenvalue weighted by Crippen LogP contribution is 2.18. The topological polar surface area (TPSA) is 139 Å². The highest BCUT2D eigenvalue weighted by Gasteiger charge is 2.23. The summed E-state index contributed by atoms with van der Waals surface area (Å²) >= 11 is 0. The van der Waals surface area contributed by atoms with Crippen molar-refractivity contribution in [2.45, 2.75) is 37.9 Å². The molecule has 1 saturated carbocycles. The van der Waals surface area contributed by atoms with Gasteiger partial charge in [-0.15, -0.1) is 0 Å². The van der Waals surface area contributed by atoms with Gasteiger partial charge < -0.3 is 21.5 Å². The summed E-state index contributed by atoms with van der Waals surface area (Å²) in [5, 5.41) is 17.8. The second-order valence-corrected chi connectivity index (χ2v) is 4.96. The fourth-order valence-corrected chi connectivity index (χ4v) is 1.68. The number of hydrogen-bond donors (Lipinski definition) is 4. The number of hydrogen-bond acceptors (Lipinski definition) is 5. The van der Waals surface area contributed by atoms with Crippen molar-refractivity contribution in [1.82, 2.24) is 15.1 Å². The van der Waals surface area contributed by atoms with Gasteiger partial charge in [-0.05, 0) is 12.8 Å². The number of nitrogens with zero attached hydrogens (tertiary/aromatic N) is 2. The maximum absolute atomic E-state index is 11.6. The van der Waals surface area contributed by atoms with Gasteiger partial charge in [0.05, 0.1) is 24.3 Å². The Labute approximate surface area is 120 Å². The van der Waals surface area contributed by atoms with Crippen LogP contribution >= 0.6 is 0 Å². The van der Waals surface area contributed by atoms with E-state index in [1.807, 2.05) is 0 Å². The Morgan fingerprint density at radius 2 is 2.19 bits per heavy atom. The van der Waals surface area contributed by atoms with Crippen molar-refractivity contribution in [3.8, 4) is 0 Å². The molecule has 9 nitrogen and oxygen atoms in total. The zero-order valence-electron chi connectivity index (χ0n) is 11.3. The molecule has 0 aliphatic heterocycles. The van der Waals surface area contributed by atoms with Gasteiger partial charge in [-0.25, -0.2) is 0 Å². The van der Waals surface area contributed by atoms with Gasteiger partial charge in [0.15, 0.2) is 0 Å². The van der Waals surface area contributed by atoms with Crippen LogP contribution in [0.5, 0.6) is 0 Å². The van der Waals surface area contributed by atoms with Crippen LogP contribution in [0.2, 0.25) is 0 Å². The number of carbonyl (C=O) groups excluding carboxylic acids is 2. The standard InChI is InChI=1S/C12H17N5O4/c13-9(3-11(19)20)12(21)16-8-4-14-17(5-8)6-10(18)15-7-1-2-7/h4-5,7,9H,1-3,6,13H2,(H,15,18)(H,16,21)(H,19,20). The molecule has 1 aliphatic rings. The summed E-state index contributed by atoms with van der Waals surface area (Å²) in [7, 11) is 0. The predicted molar refractivity (Wildman–Crippen MR) is 72.2 cm³/mol. The molecule has 0 saturated heterocycles. The van der Waals surface area contributed by atoms with Crippen LogP contribution in [0.25, 0.3) is 0 Å². The number of nitrogens with two attached hydrogens (primary N) is 1. The molecule has 5 N–H and O–H groups in total. The van der Waals surface area contributed by atoms with Crippen LogP contribution in [-0.2, 0) is 20.9 Å². The van der Waals surface area contributed by atoms with Crippen LogP contribution in [0.3, 0.4) is 0 Å². The van der Waals surface area contributed by atoms with E-state index < -0.39 is 24.3 Å². The average Bonchev–Trinajstić information content (AvgIpc) is 3.08. The molecule has 9 heteroatoms. The van der Waals surface area contributed by atoms with Crippen LogP contribution in [0.4, 0.5) is 5.69 Å². The van der Waals surface area contributed by atoms with Gasteiger partial charge in [-0.2, -0.15) is 5.10 Å². The van der Waals surface area contributed by atoms with E-state index in [2.05, 4.69) is 15.7 Å². The number of rotatable bonds is 7. The highest BCUT2D eigenvalue weighted by atomic mass is 16.4. The quantitative estimate of drug-likeness (QED) is 0.503. The maximum atomic E-state index is 11.6. The molecule has 0 bridgehead atoms. The first-order valence-corrected chi connectivity index (χ1v) is 6.54. The molecule has 1 atom stereocenters. The Morgan fingerprint density at radius 3 is 2.81 bits per heavy atom. The van der Waals surface area contributed by atoms with E-state index in [-0.39, 0.29) is 18.5 Å². The first-order valence-electron chi connectivity index (χ1n) is 6.54. The van der Waals surface area contributed by atoms with Crippen molar-refractivity contribution in [3.05, 3.63) is 12.4 Å². The Morgan fingerprint density at radius 1 is 1.48 bits per heavy atom. The number of nitrogens with one attached hydrogen (secondary N) is 2. The van der Waals surface area contributed by atoms with Gasteiger partial charge in [0.1, 0.15) is 6.54 Å². The van der Waals surface area contributed by atoms with Crippen molar-refractivity contribution < 1.29 is 19.5 Å². The summed E-state index contributed by atoms with van der Waals surface area (Å²) in [5.41, 5.74) is 5.79. The lowest BCUT2D eigenvalue weighted by molar-refractivity contribution is -0.138. The molecular weight excluding hydrogens is 278 g/mol. The third-order valence-corrected chi connectivity index (χ3v) is 2.88. The number of aliphatic carboxylic acids is 1. The molecule has 2 rings (SSSR count). The maximum Gasteiger partial charge on any atom is 0.305 e. The van der Waals surface area contributed by atoms with E-state index in [0.717, 1.165) is 12.8 Å². The summed E-state index contributed by atoms with van der Waals surface area (Å²) in [4.78, 5) is 33.7. The van der Waals surface area contributed by atoms with Gasteiger partial charge in [-0.1, -0.05) is 0 Å². The fourth-order valence-electron chi connectivity index (χ4n) is 1.68. The van der Waals surface area contributed by atoms with Gasteiger partial charge >= 0.3 is 5.97 Å². The largest absolute Gasteiger partial charge is 0.481 e. The molecule has 1 heterocycles. The fraction of sp³-hybridized carbons (Fsp3) is 0.500. The molecule has 0 radical (unpaired) electrons. The summed E-state index contributed by atoms with van der Waals surface area (Å²) in [6, 6.07) is -0.856. The molecule has 1 aliphatic carbocycles. The molecule has 1 aromatic heterocycles. The molecular formula is C12H17N5O4. The Kier molecular flexibility index (Phi) is 4.53. The van der Waals surface area contributed by atoms with Crippen LogP contribution in [0, 0.1) is 0 Å². The molecule has 114 valence electrons. The molecule has 1 aromatic rings. The molecule has 0 spiro atoms. The minimum absolute atomic E-state index is 0.0630. The average molecular weight is 295 g/mol. The number of amides is 2. The molecule has 1 unspecified atom stereocenters. The number of aromatic nitrogens is 2. The van der Waals surface area contributed by atoms with Crippen LogP contribution in [-0.4, -0.2) is 44.8 Å². The zero-order valence-corrected chi connectivity index (χ0v) is 11.3. The monoisotopic (exact) mass is 295 g/mol. The molecule has 1 fully saturated rings. The van der Waals surface area contributed by atoms with Crippen LogP contribution < -0.4 is 16.4 Å². The van der Waals surface area contributed by atoms with Gasteiger partial charge in [0, 0.05) is 12.2 Å². The summed E-state index contributed by atoms with van der Waals surface area (Å²) in [6.07, 6.45) is 4.42. The van der Waals surface area contributed by atoms with E-state index in [0.29, 0.717) is 5.69 Å². The summed E-state index contributed by atoms with van der Waals surface area (Å²) in [5.74, 6) is -1.90. The Hall–Kier alpha value is -2.42. The predicted octanol–water partition coefficient (Wildman–Crippen LogP) is -1.10. The lowest BCUT2D eigenvalue weighted by Gasteiger charge is -2.08. The van der Waals surface area contributed by atoms with Crippen LogP contribution in [0.1, 0.15) is 19.3 Å². The van der Waals surface area contributed by atoms with Crippen molar-refractivity contribution >= 4 is 23.5 Å². The highest BCUT2D eigenvalue weighted by molar-refractivity contribution is 5.96. The number of carbonyl (C=O) groups is 3. The van der Waals surface area contributed by atoms with Gasteiger partial charge in [0.25, 0.3) is 0 Å². The van der Waals surface area contributed by atoms with E-state index in [9.17, 15) is 14.4 Å². The first kappa shape index (κ1) is 15.0. The number of carboxylic acid groups (broad SMARTS) is 1. The van der Waals surface area contributed by atoms with Crippen molar-refractivity contribution in [2.75, 3.05) is 5.32 Å². The first-order chi connectivity index (χ1) is 9.94. The smallest absolute Gasteiger partial charge is 0.305 e. The second kappa shape index (κ2) is 6.35. The third-order valence-electron chi connectivity index (χ3n) is 2.88. The van der Waals surface area contributed by atoms with Gasteiger partial charge in [0.2, 0.25) is 11.8 Å². The van der Waals surface area contributed by atoms with Crippen molar-refractivity contribution in [2.24, 2.45) is 5.73 Å². The minimum Gasteiger partial charge on any atom is -0.481 e. The zero-order chi connectivity index (χ0) is 15.4. The minimum atomic E-state index is -1.15. The Bertz CT molecular complexity index is 552. The number of carboxylic acids is 1. The van der Waals surface area contributed by atoms with Crippen molar-refractivity contribution in [3.63, 3.8) is 0 Å². The van der Waals surface area contributed by atoms with Crippen LogP contribution in [0.15, 0.2) is 12.4 Å². The van der Waals surface area contributed by atoms with E-state index >= 15 is 0 Å². The lowest BCUT2D eigenvalue weighted by Crippen LogP contribution is -2.37.